The van der Waals surface area contributed by atoms with Gasteiger partial charge in [0.25, 0.3) is 0 Å². The van der Waals surface area contributed by atoms with Gasteiger partial charge in [-0.05, 0) is 46.8 Å². The average molecular weight is 413 g/mol. The number of hydrogen-bond donors (Lipinski definition) is 1. The molecule has 29 heavy (non-hydrogen) atoms. The minimum atomic E-state index is -0.233. The van der Waals surface area contributed by atoms with Gasteiger partial charge in [-0.2, -0.15) is 4.68 Å². The Morgan fingerprint density at radius 2 is 2.03 bits per heavy atom. The lowest BCUT2D eigenvalue weighted by atomic mass is 10.2. The minimum absolute atomic E-state index is 0.137. The van der Waals surface area contributed by atoms with E-state index in [-0.39, 0.29) is 17.8 Å². The monoisotopic (exact) mass is 413 g/mol. The van der Waals surface area contributed by atoms with Gasteiger partial charge in [0, 0.05) is 0 Å². The van der Waals surface area contributed by atoms with E-state index in [1.165, 1.54) is 11.8 Å². The summed E-state index contributed by atoms with van der Waals surface area (Å²) in [6.07, 6.45) is -0.233. The fraction of sp³-hybridized carbons (Fsp3) is 0.263. The highest BCUT2D eigenvalue weighted by Gasteiger charge is 2.21. The van der Waals surface area contributed by atoms with Crippen LogP contribution in [0.5, 0.6) is 17.2 Å². The third-order valence-electron chi connectivity index (χ3n) is 4.18. The van der Waals surface area contributed by atoms with Crippen molar-refractivity contribution < 1.29 is 19.0 Å². The Morgan fingerprint density at radius 1 is 1.24 bits per heavy atom. The third kappa shape index (κ3) is 4.60. The van der Waals surface area contributed by atoms with Gasteiger partial charge in [0.05, 0.1) is 25.1 Å². The maximum absolute atomic E-state index is 12.2. The second-order valence-electron chi connectivity index (χ2n) is 6.16. The van der Waals surface area contributed by atoms with Gasteiger partial charge < -0.3 is 19.5 Å². The van der Waals surface area contributed by atoms with E-state index in [0.29, 0.717) is 24.1 Å². The molecule has 0 saturated heterocycles. The number of tetrazole rings is 1. The summed E-state index contributed by atoms with van der Waals surface area (Å²) in [6.45, 7) is 0.747. The molecular weight excluding hydrogens is 394 g/mol. The van der Waals surface area contributed by atoms with Crippen LogP contribution >= 0.6 is 11.8 Å². The van der Waals surface area contributed by atoms with Crippen molar-refractivity contribution in [1.29, 1.82) is 0 Å². The smallest absolute Gasteiger partial charge is 0.230 e. The number of nitrogens with zero attached hydrogens (tertiary/aromatic N) is 4. The molecule has 0 unspecified atom stereocenters. The van der Waals surface area contributed by atoms with Crippen molar-refractivity contribution in [2.24, 2.45) is 0 Å². The quantitative estimate of drug-likeness (QED) is 0.585. The fourth-order valence-corrected chi connectivity index (χ4v) is 3.45. The molecule has 1 aromatic heterocycles. The number of thioether (sulfide) groups is 1. The highest BCUT2D eigenvalue weighted by Crippen LogP contribution is 2.30. The second kappa shape index (κ2) is 8.82. The summed E-state index contributed by atoms with van der Waals surface area (Å²) in [6, 6.07) is 14.8. The number of rotatable bonds is 7. The highest BCUT2D eigenvalue weighted by atomic mass is 32.2. The van der Waals surface area contributed by atoms with Crippen LogP contribution in [0.1, 0.15) is 0 Å². The number of ether oxygens (including phenoxy) is 3. The standard InChI is InChI=1S/C19H19N5O4S/c1-26-14-8-6-13(7-9-14)24-19(21-22-23-24)29-12-18(25)20-10-15-11-27-16-4-2-3-5-17(16)28-15/h2-9,15H,10-12H2,1H3,(H,20,25)/t15-/m1/s1. The summed E-state index contributed by atoms with van der Waals surface area (Å²) in [5.74, 6) is 2.19. The molecule has 4 rings (SSSR count). The van der Waals surface area contributed by atoms with E-state index in [2.05, 4.69) is 20.8 Å². The molecule has 0 spiro atoms. The van der Waals surface area contributed by atoms with Crippen molar-refractivity contribution in [3.63, 3.8) is 0 Å². The van der Waals surface area contributed by atoms with E-state index >= 15 is 0 Å². The molecule has 3 aromatic rings. The molecule has 0 radical (unpaired) electrons. The summed E-state index contributed by atoms with van der Waals surface area (Å²) >= 11 is 1.25. The number of carbonyl (C=O) groups excluding carboxylic acids is 1. The number of carbonyl (C=O) groups is 1. The average Bonchev–Trinajstić information content (AvgIpc) is 3.25. The van der Waals surface area contributed by atoms with Crippen molar-refractivity contribution in [2.75, 3.05) is 26.0 Å². The second-order valence-corrected chi connectivity index (χ2v) is 7.10. The fourth-order valence-electron chi connectivity index (χ4n) is 2.73. The van der Waals surface area contributed by atoms with Crippen LogP contribution in [-0.2, 0) is 4.79 Å². The number of aromatic nitrogens is 4. The molecule has 9 nitrogen and oxygen atoms in total. The molecule has 0 saturated carbocycles. The molecule has 0 aliphatic carbocycles. The van der Waals surface area contributed by atoms with Gasteiger partial charge in [0.2, 0.25) is 11.1 Å². The number of nitrogens with one attached hydrogen (secondary N) is 1. The Labute approximate surface area is 171 Å². The molecule has 2 aromatic carbocycles. The van der Waals surface area contributed by atoms with Gasteiger partial charge in [-0.1, -0.05) is 23.9 Å². The first kappa shape index (κ1) is 19.1. The van der Waals surface area contributed by atoms with Gasteiger partial charge in [0.15, 0.2) is 11.5 Å². The molecular formula is C19H19N5O4S. The lowest BCUT2D eigenvalue weighted by molar-refractivity contribution is -0.119. The normalized spacial score (nSPS) is 15.0. The van der Waals surface area contributed by atoms with Crippen molar-refractivity contribution >= 4 is 17.7 Å². The number of hydrogen-bond acceptors (Lipinski definition) is 8. The summed E-state index contributed by atoms with van der Waals surface area (Å²) in [5.41, 5.74) is 0.783. The first-order valence-corrected chi connectivity index (χ1v) is 9.92. The predicted molar refractivity (Wildman–Crippen MR) is 106 cm³/mol. The van der Waals surface area contributed by atoms with Crippen molar-refractivity contribution in [3.05, 3.63) is 48.5 Å². The summed E-state index contributed by atoms with van der Waals surface area (Å²) in [7, 11) is 1.61. The first-order chi connectivity index (χ1) is 14.2. The van der Waals surface area contributed by atoms with Crippen LogP contribution in [0.15, 0.2) is 53.7 Å². The molecule has 0 fully saturated rings. The lowest BCUT2D eigenvalue weighted by Gasteiger charge is -2.26. The minimum Gasteiger partial charge on any atom is -0.497 e. The van der Waals surface area contributed by atoms with Crippen LogP contribution < -0.4 is 19.5 Å². The van der Waals surface area contributed by atoms with Crippen LogP contribution in [0, 0.1) is 0 Å². The third-order valence-corrected chi connectivity index (χ3v) is 5.10. The Balaban J connectivity index is 1.28. The van der Waals surface area contributed by atoms with E-state index in [4.69, 9.17) is 14.2 Å². The van der Waals surface area contributed by atoms with Crippen molar-refractivity contribution in [1.82, 2.24) is 25.5 Å². The van der Waals surface area contributed by atoms with Crippen LogP contribution in [0.4, 0.5) is 0 Å². The maximum atomic E-state index is 12.2. The Morgan fingerprint density at radius 3 is 2.83 bits per heavy atom. The molecule has 150 valence electrons. The number of methoxy groups -OCH3 is 1. The van der Waals surface area contributed by atoms with Gasteiger partial charge in [-0.3, -0.25) is 4.79 Å². The largest absolute Gasteiger partial charge is 0.497 e. The van der Waals surface area contributed by atoms with E-state index < -0.39 is 0 Å². The number of fused-ring (bicyclic) bond motifs is 1. The molecule has 0 bridgehead atoms. The number of benzene rings is 2. The Hall–Kier alpha value is -3.27. The molecule has 1 aliphatic heterocycles. The summed E-state index contributed by atoms with van der Waals surface area (Å²) < 4.78 is 18.2. The molecule has 1 aliphatic rings. The van der Waals surface area contributed by atoms with Crippen LogP contribution in [0.3, 0.4) is 0 Å². The van der Waals surface area contributed by atoms with Gasteiger partial charge in [-0.25, -0.2) is 0 Å². The molecule has 1 atom stereocenters. The van der Waals surface area contributed by atoms with Gasteiger partial charge in [-0.15, -0.1) is 5.10 Å². The summed E-state index contributed by atoms with van der Waals surface area (Å²) in [5, 5.41) is 15.1. The number of amides is 1. The van der Waals surface area contributed by atoms with E-state index in [0.717, 1.165) is 17.2 Å². The lowest BCUT2D eigenvalue weighted by Crippen LogP contribution is -2.41. The molecule has 2 heterocycles. The SMILES string of the molecule is COc1ccc(-n2nnnc2SCC(=O)NC[C@@H]2COc3ccccc3O2)cc1. The summed E-state index contributed by atoms with van der Waals surface area (Å²) in [4.78, 5) is 12.2. The van der Waals surface area contributed by atoms with Crippen LogP contribution in [0.2, 0.25) is 0 Å². The zero-order chi connectivity index (χ0) is 20.1. The number of para-hydroxylation sites is 2. The molecule has 10 heteroatoms. The van der Waals surface area contributed by atoms with Crippen molar-refractivity contribution in [3.8, 4) is 22.9 Å². The maximum Gasteiger partial charge on any atom is 0.230 e. The predicted octanol–water partition coefficient (Wildman–Crippen LogP) is 1.72. The van der Waals surface area contributed by atoms with Crippen LogP contribution in [-0.4, -0.2) is 58.2 Å². The zero-order valence-electron chi connectivity index (χ0n) is 15.6. The van der Waals surface area contributed by atoms with E-state index in [1.54, 1.807) is 11.8 Å². The topological polar surface area (TPSA) is 100 Å². The van der Waals surface area contributed by atoms with Crippen molar-refractivity contribution in [2.45, 2.75) is 11.3 Å². The Kier molecular flexibility index (Phi) is 5.80. The highest BCUT2D eigenvalue weighted by molar-refractivity contribution is 7.99. The zero-order valence-corrected chi connectivity index (χ0v) is 16.5. The first-order valence-electron chi connectivity index (χ1n) is 8.94. The Bertz CT molecular complexity index is 979. The van der Waals surface area contributed by atoms with Gasteiger partial charge in [0.1, 0.15) is 18.5 Å². The van der Waals surface area contributed by atoms with E-state index in [9.17, 15) is 4.79 Å². The van der Waals surface area contributed by atoms with E-state index in [1.807, 2.05) is 48.5 Å². The van der Waals surface area contributed by atoms with Gasteiger partial charge >= 0.3 is 0 Å². The van der Waals surface area contributed by atoms with Crippen LogP contribution in [0.25, 0.3) is 5.69 Å². The molecule has 1 N–H and O–H groups in total. The molecule has 1 amide bonds.